The van der Waals surface area contributed by atoms with Gasteiger partial charge in [0.05, 0.1) is 5.69 Å². The summed E-state index contributed by atoms with van der Waals surface area (Å²) in [4.78, 5) is 4.22. The van der Waals surface area contributed by atoms with Gasteiger partial charge >= 0.3 is 0 Å². The number of aryl methyl sites for hydroxylation is 2. The molecule has 0 fully saturated rings. The van der Waals surface area contributed by atoms with E-state index in [2.05, 4.69) is 23.2 Å². The van der Waals surface area contributed by atoms with E-state index in [1.807, 2.05) is 12.1 Å². The van der Waals surface area contributed by atoms with Crippen molar-refractivity contribution in [2.45, 2.75) is 32.3 Å². The van der Waals surface area contributed by atoms with Crippen LogP contribution in [0.1, 0.15) is 29.7 Å². The number of rotatable bonds is 3. The standard InChI is InChI=1S/C16H16ClNO/c17-16-7-3-6-14(18-16)11-19-15-9-8-12-4-1-2-5-13(12)10-15/h3,6-10H,1-2,4-5,11H2. The molecule has 0 radical (unpaired) electrons. The Morgan fingerprint density at radius 3 is 2.74 bits per heavy atom. The molecule has 19 heavy (non-hydrogen) atoms. The maximum Gasteiger partial charge on any atom is 0.130 e. The summed E-state index contributed by atoms with van der Waals surface area (Å²) in [5, 5.41) is 0.506. The molecule has 1 heterocycles. The van der Waals surface area contributed by atoms with Crippen LogP contribution in [0.15, 0.2) is 36.4 Å². The van der Waals surface area contributed by atoms with E-state index in [0.717, 1.165) is 11.4 Å². The van der Waals surface area contributed by atoms with Crippen LogP contribution in [0.2, 0.25) is 5.15 Å². The van der Waals surface area contributed by atoms with Crippen LogP contribution in [0.5, 0.6) is 5.75 Å². The fourth-order valence-electron chi connectivity index (χ4n) is 2.49. The highest BCUT2D eigenvalue weighted by molar-refractivity contribution is 6.29. The van der Waals surface area contributed by atoms with Gasteiger partial charge in [0.1, 0.15) is 17.5 Å². The summed E-state index contributed by atoms with van der Waals surface area (Å²) in [5.74, 6) is 0.919. The van der Waals surface area contributed by atoms with Crippen LogP contribution >= 0.6 is 11.6 Å². The van der Waals surface area contributed by atoms with Crippen molar-refractivity contribution in [1.29, 1.82) is 0 Å². The maximum absolute atomic E-state index is 5.85. The molecule has 2 nitrogen and oxygen atoms in total. The lowest BCUT2D eigenvalue weighted by Crippen LogP contribution is -2.04. The fraction of sp³-hybridized carbons (Fsp3) is 0.312. The van der Waals surface area contributed by atoms with Crippen molar-refractivity contribution >= 4 is 11.6 Å². The monoisotopic (exact) mass is 273 g/mol. The highest BCUT2D eigenvalue weighted by Gasteiger charge is 2.10. The Hall–Kier alpha value is -1.54. The molecule has 98 valence electrons. The molecule has 0 spiro atoms. The van der Waals surface area contributed by atoms with Crippen molar-refractivity contribution < 1.29 is 4.74 Å². The van der Waals surface area contributed by atoms with Gasteiger partial charge in [0.2, 0.25) is 0 Å². The number of ether oxygens (including phenoxy) is 1. The molecule has 1 aromatic heterocycles. The second kappa shape index (κ2) is 5.62. The lowest BCUT2D eigenvalue weighted by molar-refractivity contribution is 0.301. The van der Waals surface area contributed by atoms with Gasteiger partial charge in [-0.3, -0.25) is 0 Å². The van der Waals surface area contributed by atoms with E-state index in [1.54, 1.807) is 6.07 Å². The Morgan fingerprint density at radius 2 is 1.89 bits per heavy atom. The van der Waals surface area contributed by atoms with Gasteiger partial charge in [-0.25, -0.2) is 4.98 Å². The zero-order chi connectivity index (χ0) is 13.1. The molecule has 0 unspecified atom stereocenters. The van der Waals surface area contributed by atoms with Crippen molar-refractivity contribution in [2.75, 3.05) is 0 Å². The molecular formula is C16H16ClNO. The molecule has 0 amide bonds. The molecule has 0 N–H and O–H groups in total. The molecule has 0 saturated carbocycles. The van der Waals surface area contributed by atoms with Gasteiger partial charge in [-0.05, 0) is 61.1 Å². The topological polar surface area (TPSA) is 22.1 Å². The summed E-state index contributed by atoms with van der Waals surface area (Å²) >= 11 is 5.85. The predicted octanol–water partition coefficient (Wildman–Crippen LogP) is 4.19. The second-order valence-corrected chi connectivity index (χ2v) is 5.27. The Balaban J connectivity index is 1.70. The first-order valence-electron chi connectivity index (χ1n) is 6.67. The summed E-state index contributed by atoms with van der Waals surface area (Å²) in [5.41, 5.74) is 3.76. The first kappa shape index (κ1) is 12.5. The predicted molar refractivity (Wildman–Crippen MR) is 76.7 cm³/mol. The maximum atomic E-state index is 5.85. The molecule has 0 saturated heterocycles. The van der Waals surface area contributed by atoms with Crippen LogP contribution in [0.3, 0.4) is 0 Å². The number of benzene rings is 1. The van der Waals surface area contributed by atoms with E-state index in [1.165, 1.54) is 36.8 Å². The van der Waals surface area contributed by atoms with Crippen LogP contribution in [0.4, 0.5) is 0 Å². The number of pyridine rings is 1. The molecule has 3 heteroatoms. The van der Waals surface area contributed by atoms with Gasteiger partial charge in [-0.1, -0.05) is 23.7 Å². The molecule has 0 bridgehead atoms. The third-order valence-electron chi connectivity index (χ3n) is 3.48. The van der Waals surface area contributed by atoms with Crippen molar-refractivity contribution in [3.63, 3.8) is 0 Å². The van der Waals surface area contributed by atoms with Gasteiger partial charge in [0.15, 0.2) is 0 Å². The summed E-state index contributed by atoms with van der Waals surface area (Å²) in [6.07, 6.45) is 4.96. The Morgan fingerprint density at radius 1 is 1.05 bits per heavy atom. The van der Waals surface area contributed by atoms with Gasteiger partial charge in [0.25, 0.3) is 0 Å². The molecule has 2 aromatic rings. The third kappa shape index (κ3) is 3.07. The molecule has 0 atom stereocenters. The molecular weight excluding hydrogens is 258 g/mol. The Labute approximate surface area is 118 Å². The quantitative estimate of drug-likeness (QED) is 0.782. The number of hydrogen-bond acceptors (Lipinski definition) is 2. The Bertz CT molecular complexity index is 583. The zero-order valence-electron chi connectivity index (χ0n) is 10.7. The number of aromatic nitrogens is 1. The Kier molecular flexibility index (Phi) is 3.69. The summed E-state index contributed by atoms with van der Waals surface area (Å²) < 4.78 is 5.79. The van der Waals surface area contributed by atoms with E-state index in [-0.39, 0.29) is 0 Å². The first-order chi connectivity index (χ1) is 9.31. The number of halogens is 1. The van der Waals surface area contributed by atoms with Crippen LogP contribution in [0, 0.1) is 0 Å². The van der Waals surface area contributed by atoms with Gasteiger partial charge in [0, 0.05) is 0 Å². The summed E-state index contributed by atoms with van der Waals surface area (Å²) in [7, 11) is 0. The van der Waals surface area contributed by atoms with Crippen LogP contribution in [-0.4, -0.2) is 4.98 Å². The van der Waals surface area contributed by atoms with Gasteiger partial charge in [-0.15, -0.1) is 0 Å². The zero-order valence-corrected chi connectivity index (χ0v) is 11.5. The van der Waals surface area contributed by atoms with E-state index in [9.17, 15) is 0 Å². The number of nitrogens with zero attached hydrogens (tertiary/aromatic N) is 1. The van der Waals surface area contributed by atoms with Crippen LogP contribution < -0.4 is 4.74 Å². The largest absolute Gasteiger partial charge is 0.487 e. The highest BCUT2D eigenvalue weighted by atomic mass is 35.5. The van der Waals surface area contributed by atoms with Gasteiger partial charge < -0.3 is 4.74 Å². The molecule has 0 aliphatic heterocycles. The van der Waals surface area contributed by atoms with E-state index in [0.29, 0.717) is 11.8 Å². The number of fused-ring (bicyclic) bond motifs is 1. The van der Waals surface area contributed by atoms with Crippen LogP contribution in [0.25, 0.3) is 0 Å². The highest BCUT2D eigenvalue weighted by Crippen LogP contribution is 2.25. The van der Waals surface area contributed by atoms with Crippen molar-refractivity contribution in [2.24, 2.45) is 0 Å². The van der Waals surface area contributed by atoms with Gasteiger partial charge in [-0.2, -0.15) is 0 Å². The SMILES string of the molecule is Clc1cccc(COc2ccc3c(c2)CCCC3)n1. The number of hydrogen-bond donors (Lipinski definition) is 0. The third-order valence-corrected chi connectivity index (χ3v) is 3.69. The van der Waals surface area contributed by atoms with E-state index < -0.39 is 0 Å². The van der Waals surface area contributed by atoms with Crippen molar-refractivity contribution in [1.82, 2.24) is 4.98 Å². The molecule has 3 rings (SSSR count). The summed E-state index contributed by atoms with van der Waals surface area (Å²) in [6.45, 7) is 0.458. The minimum atomic E-state index is 0.458. The van der Waals surface area contributed by atoms with Crippen molar-refractivity contribution in [3.8, 4) is 5.75 Å². The molecule has 1 aliphatic rings. The van der Waals surface area contributed by atoms with E-state index >= 15 is 0 Å². The molecule has 1 aromatic carbocycles. The smallest absolute Gasteiger partial charge is 0.130 e. The minimum Gasteiger partial charge on any atom is -0.487 e. The van der Waals surface area contributed by atoms with Crippen molar-refractivity contribution in [3.05, 3.63) is 58.4 Å². The normalized spacial score (nSPS) is 13.9. The minimum absolute atomic E-state index is 0.458. The fourth-order valence-corrected chi connectivity index (χ4v) is 2.67. The summed E-state index contributed by atoms with van der Waals surface area (Å²) in [6, 6.07) is 12.0. The lowest BCUT2D eigenvalue weighted by atomic mass is 9.92. The average molecular weight is 274 g/mol. The lowest BCUT2D eigenvalue weighted by Gasteiger charge is -2.16. The first-order valence-corrected chi connectivity index (χ1v) is 7.05. The van der Waals surface area contributed by atoms with E-state index in [4.69, 9.17) is 16.3 Å². The average Bonchev–Trinajstić information content (AvgIpc) is 2.45. The van der Waals surface area contributed by atoms with Crippen LogP contribution in [-0.2, 0) is 19.4 Å². The molecule has 1 aliphatic carbocycles. The second-order valence-electron chi connectivity index (χ2n) is 4.88.